The minimum atomic E-state index is -0.363. The quantitative estimate of drug-likeness (QED) is 0.447. The van der Waals surface area contributed by atoms with Gasteiger partial charge in [-0.3, -0.25) is 9.59 Å². The Bertz CT molecular complexity index is 1310. The van der Waals surface area contributed by atoms with E-state index < -0.39 is 0 Å². The van der Waals surface area contributed by atoms with E-state index in [9.17, 15) is 14.7 Å². The third-order valence-corrected chi connectivity index (χ3v) is 4.96. The predicted octanol–water partition coefficient (Wildman–Crippen LogP) is 5.04. The summed E-state index contributed by atoms with van der Waals surface area (Å²) in [5.74, 6) is -0.302. The van der Waals surface area contributed by atoms with Crippen molar-refractivity contribution in [2.45, 2.75) is 26.2 Å². The molecule has 30 heavy (non-hydrogen) atoms. The van der Waals surface area contributed by atoms with E-state index in [4.69, 9.17) is 4.42 Å². The second-order valence-electron chi connectivity index (χ2n) is 8.22. The number of aromatic hydroxyl groups is 1. The molecule has 0 atom stereocenters. The number of amides is 1. The van der Waals surface area contributed by atoms with Crippen LogP contribution in [0.4, 0.5) is 5.69 Å². The third-order valence-electron chi connectivity index (χ3n) is 4.96. The number of furan rings is 1. The first-order chi connectivity index (χ1) is 14.2. The van der Waals surface area contributed by atoms with Crippen molar-refractivity contribution in [2.24, 2.45) is 0 Å². The Hall–Kier alpha value is -3.80. The number of H-pyrrole nitrogens is 1. The third kappa shape index (κ3) is 3.59. The van der Waals surface area contributed by atoms with Gasteiger partial charge in [-0.2, -0.15) is 0 Å². The fourth-order valence-corrected chi connectivity index (χ4v) is 3.46. The number of pyridine rings is 1. The van der Waals surface area contributed by atoms with Gasteiger partial charge in [0, 0.05) is 34.5 Å². The lowest BCUT2D eigenvalue weighted by atomic mass is 9.84. The fourth-order valence-electron chi connectivity index (χ4n) is 3.46. The van der Waals surface area contributed by atoms with Crippen molar-refractivity contribution in [3.8, 4) is 16.9 Å². The van der Waals surface area contributed by atoms with E-state index in [1.165, 1.54) is 18.4 Å². The van der Waals surface area contributed by atoms with Crippen LogP contribution in [0.1, 0.15) is 36.7 Å². The van der Waals surface area contributed by atoms with Crippen LogP contribution in [0.3, 0.4) is 0 Å². The molecule has 4 aromatic rings. The van der Waals surface area contributed by atoms with Crippen LogP contribution in [0.5, 0.6) is 5.75 Å². The van der Waals surface area contributed by atoms with Crippen LogP contribution in [0, 0.1) is 0 Å². The number of hydrogen-bond donors (Lipinski definition) is 3. The molecule has 0 aliphatic heterocycles. The molecule has 152 valence electrons. The lowest BCUT2D eigenvalue weighted by Crippen LogP contribution is -2.14. The molecule has 0 saturated heterocycles. The molecule has 2 aromatic heterocycles. The van der Waals surface area contributed by atoms with Crippen molar-refractivity contribution < 1.29 is 14.3 Å². The summed E-state index contributed by atoms with van der Waals surface area (Å²) < 4.78 is 5.81. The molecule has 1 amide bonds. The van der Waals surface area contributed by atoms with E-state index in [0.717, 1.165) is 5.56 Å². The summed E-state index contributed by atoms with van der Waals surface area (Å²) in [5, 5.41) is 13.0. The summed E-state index contributed by atoms with van der Waals surface area (Å²) >= 11 is 0. The van der Waals surface area contributed by atoms with Gasteiger partial charge in [-0.1, -0.05) is 26.8 Å². The first-order valence-electron chi connectivity index (χ1n) is 9.58. The van der Waals surface area contributed by atoms with Crippen molar-refractivity contribution in [2.75, 3.05) is 5.32 Å². The summed E-state index contributed by atoms with van der Waals surface area (Å²) in [6.45, 7) is 6.15. The lowest BCUT2D eigenvalue weighted by Gasteiger charge is -2.20. The van der Waals surface area contributed by atoms with Crippen LogP contribution in [0.25, 0.3) is 22.1 Å². The maximum absolute atomic E-state index is 13.0. The number of aromatic nitrogens is 1. The van der Waals surface area contributed by atoms with Crippen molar-refractivity contribution in [3.05, 3.63) is 82.5 Å². The molecular weight excluding hydrogens is 380 g/mol. The van der Waals surface area contributed by atoms with Crippen LogP contribution in [0.15, 0.2) is 70.2 Å². The Balaban J connectivity index is 1.88. The number of hydrogen-bond acceptors (Lipinski definition) is 4. The van der Waals surface area contributed by atoms with E-state index in [1.54, 1.807) is 36.5 Å². The van der Waals surface area contributed by atoms with Gasteiger partial charge in [0.2, 0.25) is 0 Å². The van der Waals surface area contributed by atoms with E-state index in [2.05, 4.69) is 31.1 Å². The molecular formula is C24H22N2O4. The average molecular weight is 402 g/mol. The van der Waals surface area contributed by atoms with Crippen LogP contribution in [-0.2, 0) is 5.41 Å². The first-order valence-corrected chi connectivity index (χ1v) is 9.58. The van der Waals surface area contributed by atoms with Gasteiger partial charge >= 0.3 is 0 Å². The van der Waals surface area contributed by atoms with Gasteiger partial charge in [0.05, 0.1) is 5.56 Å². The van der Waals surface area contributed by atoms with Gasteiger partial charge in [0.15, 0.2) is 0 Å². The second kappa shape index (κ2) is 7.22. The predicted molar refractivity (Wildman–Crippen MR) is 117 cm³/mol. The molecule has 2 aromatic carbocycles. The molecule has 3 N–H and O–H groups in total. The Labute approximate surface area is 173 Å². The zero-order valence-corrected chi connectivity index (χ0v) is 16.9. The summed E-state index contributed by atoms with van der Waals surface area (Å²) in [6, 6.07) is 13.6. The number of benzene rings is 2. The number of rotatable bonds is 3. The number of nitrogens with one attached hydrogen (secondary N) is 2. The molecule has 0 spiro atoms. The van der Waals surface area contributed by atoms with E-state index in [-0.39, 0.29) is 22.6 Å². The van der Waals surface area contributed by atoms with Crippen molar-refractivity contribution in [3.63, 3.8) is 0 Å². The highest BCUT2D eigenvalue weighted by molar-refractivity contribution is 6.13. The summed E-state index contributed by atoms with van der Waals surface area (Å²) in [4.78, 5) is 28.0. The van der Waals surface area contributed by atoms with Crippen LogP contribution < -0.4 is 10.9 Å². The molecule has 0 saturated carbocycles. The lowest BCUT2D eigenvalue weighted by molar-refractivity contribution is 0.102. The number of anilines is 1. The molecule has 0 fully saturated rings. The molecule has 4 rings (SSSR count). The number of carbonyl (C=O) groups is 1. The van der Waals surface area contributed by atoms with Crippen molar-refractivity contribution in [1.82, 2.24) is 4.98 Å². The number of fused-ring (bicyclic) bond motifs is 1. The number of aromatic amines is 1. The average Bonchev–Trinajstić information content (AvgIpc) is 3.11. The van der Waals surface area contributed by atoms with Crippen LogP contribution in [0.2, 0.25) is 0 Å². The Morgan fingerprint density at radius 1 is 1.10 bits per heavy atom. The minimum Gasteiger partial charge on any atom is -0.508 e. The Morgan fingerprint density at radius 2 is 1.90 bits per heavy atom. The highest BCUT2D eigenvalue weighted by Crippen LogP contribution is 2.36. The van der Waals surface area contributed by atoms with Crippen molar-refractivity contribution >= 4 is 22.6 Å². The maximum Gasteiger partial charge on any atom is 0.259 e. The number of phenols is 1. The molecule has 0 aliphatic rings. The van der Waals surface area contributed by atoms with Gasteiger partial charge in [-0.25, -0.2) is 0 Å². The van der Waals surface area contributed by atoms with E-state index in [0.29, 0.717) is 33.3 Å². The monoisotopic (exact) mass is 402 g/mol. The maximum atomic E-state index is 13.0. The molecule has 0 aliphatic carbocycles. The number of phenolic OH excluding ortho intramolecular Hbond substituents is 1. The highest BCUT2D eigenvalue weighted by Gasteiger charge is 2.24. The highest BCUT2D eigenvalue weighted by atomic mass is 16.3. The van der Waals surface area contributed by atoms with Crippen LogP contribution in [-0.4, -0.2) is 16.0 Å². The summed E-state index contributed by atoms with van der Waals surface area (Å²) in [6.07, 6.45) is 3.01. The van der Waals surface area contributed by atoms with Gasteiger partial charge < -0.3 is 19.8 Å². The van der Waals surface area contributed by atoms with Crippen LogP contribution >= 0.6 is 0 Å². The Kier molecular flexibility index (Phi) is 4.70. The second-order valence-corrected chi connectivity index (χ2v) is 8.22. The standard InChI is InChI=1S/C24H22N2O4/c1-24(2,3)20-11-14(17-8-5-9-25-22(17)28)10-18-19(13-30-21(18)20)23(29)26-15-6-4-7-16(27)12-15/h4-13,27H,1-3H3,(H,25,28)(H,26,29). The molecule has 0 unspecified atom stereocenters. The Morgan fingerprint density at radius 3 is 2.60 bits per heavy atom. The van der Waals surface area contributed by atoms with Gasteiger partial charge in [-0.15, -0.1) is 0 Å². The molecule has 0 bridgehead atoms. The molecule has 6 nitrogen and oxygen atoms in total. The fraction of sp³-hybridized carbons (Fsp3) is 0.167. The van der Waals surface area contributed by atoms with Gasteiger partial charge in [0.1, 0.15) is 17.6 Å². The van der Waals surface area contributed by atoms with Gasteiger partial charge in [0.25, 0.3) is 11.5 Å². The molecule has 6 heteroatoms. The van der Waals surface area contributed by atoms with E-state index in [1.807, 2.05) is 6.07 Å². The van der Waals surface area contributed by atoms with Crippen molar-refractivity contribution in [1.29, 1.82) is 0 Å². The number of carbonyl (C=O) groups excluding carboxylic acids is 1. The zero-order chi connectivity index (χ0) is 21.5. The topological polar surface area (TPSA) is 95.3 Å². The molecule has 2 heterocycles. The summed E-state index contributed by atoms with van der Waals surface area (Å²) in [7, 11) is 0. The normalized spacial score (nSPS) is 11.6. The zero-order valence-electron chi connectivity index (χ0n) is 16.9. The SMILES string of the molecule is CC(C)(C)c1cc(-c2ccc[nH]c2=O)cc2c(C(=O)Nc3cccc(O)c3)coc12. The van der Waals surface area contributed by atoms with E-state index >= 15 is 0 Å². The molecule has 0 radical (unpaired) electrons. The first kappa shape index (κ1) is 19.5. The van der Waals surface area contributed by atoms with Gasteiger partial charge in [-0.05, 0) is 47.4 Å². The smallest absolute Gasteiger partial charge is 0.259 e. The largest absolute Gasteiger partial charge is 0.508 e. The summed E-state index contributed by atoms with van der Waals surface area (Å²) in [5.41, 5.74) is 3.09. The minimum absolute atomic E-state index is 0.0606.